The molecule has 3 aliphatic heterocycles. The van der Waals surface area contributed by atoms with E-state index in [4.69, 9.17) is 14.2 Å². The molecule has 2 aromatic carbocycles. The summed E-state index contributed by atoms with van der Waals surface area (Å²) in [4.78, 5) is 39.4. The molecule has 0 radical (unpaired) electrons. The number of carboxylic acids is 1. The fraction of sp³-hybridized carbons (Fsp3) is 0.500. The van der Waals surface area contributed by atoms with Crippen molar-refractivity contribution in [3.63, 3.8) is 0 Å². The molecule has 19 heteroatoms. The van der Waals surface area contributed by atoms with Crippen LogP contribution in [-0.2, 0) is 41.7 Å². The van der Waals surface area contributed by atoms with Gasteiger partial charge in [0.25, 0.3) is 5.79 Å². The number of carbonyl (C=O) groups excluding carboxylic acids is 2. The SMILES string of the molecule is CC(=O)NC1C(O)CC(OCC2OC(O)C(O)C(O)C2O)(C(=O)O)OC1C(O)C(O)Cn1nnc2c1-c1ccccc1N(C(C)=O)Cc1ccccc1-2. The number of carbonyl (C=O) groups is 3. The zero-order chi connectivity index (χ0) is 38.4. The molecule has 0 spiro atoms. The molecule has 3 aliphatic rings. The van der Waals surface area contributed by atoms with Crippen molar-refractivity contribution in [3.05, 3.63) is 54.1 Å². The molecule has 286 valence electrons. The molecule has 3 aromatic rings. The summed E-state index contributed by atoms with van der Waals surface area (Å²) in [6.07, 6.45) is -17.4. The van der Waals surface area contributed by atoms with Crippen LogP contribution in [0, 0.1) is 0 Å². The number of nitrogens with one attached hydrogen (secondary N) is 1. The van der Waals surface area contributed by atoms with E-state index in [0.29, 0.717) is 28.2 Å². The van der Waals surface area contributed by atoms with Gasteiger partial charge in [0.1, 0.15) is 48.4 Å². The van der Waals surface area contributed by atoms with Gasteiger partial charge in [0.2, 0.25) is 11.8 Å². The highest BCUT2D eigenvalue weighted by atomic mass is 16.7. The number of aliphatic hydroxyl groups excluding tert-OH is 7. The Kier molecular flexibility index (Phi) is 10.9. The lowest BCUT2D eigenvalue weighted by Gasteiger charge is -2.47. The van der Waals surface area contributed by atoms with Crippen molar-refractivity contribution in [2.45, 2.75) is 100 Å². The number of anilines is 1. The van der Waals surface area contributed by atoms with E-state index in [9.17, 15) is 55.2 Å². The van der Waals surface area contributed by atoms with Gasteiger partial charge in [-0.2, -0.15) is 0 Å². The fourth-order valence-corrected chi connectivity index (χ4v) is 6.96. The van der Waals surface area contributed by atoms with Crippen LogP contribution < -0.4 is 10.2 Å². The first kappa shape index (κ1) is 38.3. The van der Waals surface area contributed by atoms with Crippen LogP contribution in [0.3, 0.4) is 0 Å². The summed E-state index contributed by atoms with van der Waals surface area (Å²) < 4.78 is 17.7. The number of ether oxygens (including phenoxy) is 3. The Morgan fingerprint density at radius 2 is 1.66 bits per heavy atom. The van der Waals surface area contributed by atoms with Gasteiger partial charge in [-0.3, -0.25) is 9.59 Å². The molecule has 19 nitrogen and oxygen atoms in total. The van der Waals surface area contributed by atoms with Crippen molar-refractivity contribution < 1.29 is 69.4 Å². The summed E-state index contributed by atoms with van der Waals surface area (Å²) in [5, 5.41) is 95.9. The van der Waals surface area contributed by atoms with Crippen LogP contribution in [0.25, 0.3) is 22.5 Å². The van der Waals surface area contributed by atoms with Gasteiger partial charge in [0.05, 0.1) is 43.2 Å². The maximum absolute atomic E-state index is 12.9. The highest BCUT2D eigenvalue weighted by Crippen LogP contribution is 2.41. The van der Waals surface area contributed by atoms with E-state index in [0.717, 1.165) is 12.5 Å². The predicted molar refractivity (Wildman–Crippen MR) is 178 cm³/mol. The zero-order valence-corrected chi connectivity index (χ0v) is 28.5. The lowest BCUT2D eigenvalue weighted by Crippen LogP contribution is -2.68. The number of rotatable bonds is 9. The molecule has 0 saturated carbocycles. The number of fused-ring (bicyclic) bond motifs is 5. The molecule has 0 aliphatic carbocycles. The van der Waals surface area contributed by atoms with Gasteiger partial charge < -0.3 is 65.3 Å². The highest BCUT2D eigenvalue weighted by Gasteiger charge is 2.57. The summed E-state index contributed by atoms with van der Waals surface area (Å²) in [6, 6.07) is 12.8. The largest absolute Gasteiger partial charge is 0.477 e. The van der Waals surface area contributed by atoms with Crippen LogP contribution >= 0.6 is 0 Å². The Balaban J connectivity index is 1.32. The van der Waals surface area contributed by atoms with Crippen LogP contribution in [0.1, 0.15) is 25.8 Å². The minimum atomic E-state index is -2.78. The minimum absolute atomic E-state index is 0.235. The molecule has 53 heavy (non-hydrogen) atoms. The van der Waals surface area contributed by atoms with Gasteiger partial charge in [-0.15, -0.1) is 5.10 Å². The quantitative estimate of drug-likeness (QED) is 0.109. The number of carboxylic acid groups (broad SMARTS) is 1. The molecule has 2 saturated heterocycles. The van der Waals surface area contributed by atoms with Crippen LogP contribution in [0.4, 0.5) is 5.69 Å². The number of aromatic nitrogens is 3. The minimum Gasteiger partial charge on any atom is -0.477 e. The molecule has 1 aromatic heterocycles. The van der Waals surface area contributed by atoms with Gasteiger partial charge in [-0.1, -0.05) is 47.7 Å². The van der Waals surface area contributed by atoms with Crippen molar-refractivity contribution >= 4 is 23.5 Å². The Morgan fingerprint density at radius 1 is 0.981 bits per heavy atom. The Labute approximate surface area is 301 Å². The van der Waals surface area contributed by atoms with Crippen molar-refractivity contribution in [1.82, 2.24) is 20.3 Å². The smallest absolute Gasteiger partial charge is 0.364 e. The number of aliphatic hydroxyl groups is 7. The van der Waals surface area contributed by atoms with Gasteiger partial charge in [-0.05, 0) is 11.6 Å². The molecule has 11 unspecified atom stereocenters. The van der Waals surface area contributed by atoms with E-state index in [-0.39, 0.29) is 12.5 Å². The van der Waals surface area contributed by atoms with Crippen LogP contribution in [0.2, 0.25) is 0 Å². The lowest BCUT2D eigenvalue weighted by atomic mass is 9.88. The molecule has 9 N–H and O–H groups in total. The van der Waals surface area contributed by atoms with Gasteiger partial charge in [0.15, 0.2) is 6.29 Å². The molecule has 4 heterocycles. The first-order chi connectivity index (χ1) is 25.1. The van der Waals surface area contributed by atoms with Crippen molar-refractivity contribution in [2.75, 3.05) is 11.5 Å². The third kappa shape index (κ3) is 7.28. The second-order valence-electron chi connectivity index (χ2n) is 13.3. The summed E-state index contributed by atoms with van der Waals surface area (Å²) in [5.74, 6) is -5.51. The molecule has 2 fully saturated rings. The normalized spacial score (nSPS) is 30.8. The van der Waals surface area contributed by atoms with Gasteiger partial charge >= 0.3 is 5.97 Å². The third-order valence-corrected chi connectivity index (χ3v) is 9.69. The molecule has 11 atom stereocenters. The number of hydrogen-bond donors (Lipinski definition) is 9. The molecule has 0 bridgehead atoms. The first-order valence-electron chi connectivity index (χ1n) is 16.8. The Bertz CT molecular complexity index is 1840. The first-order valence-corrected chi connectivity index (χ1v) is 16.8. The molecule has 2 amide bonds. The Morgan fingerprint density at radius 3 is 2.34 bits per heavy atom. The topological polar surface area (TPSA) is 287 Å². The zero-order valence-electron chi connectivity index (χ0n) is 28.5. The predicted octanol–water partition coefficient (Wildman–Crippen LogP) is -2.55. The maximum Gasteiger partial charge on any atom is 0.364 e. The molecular formula is C34H41N5O14. The summed E-state index contributed by atoms with van der Waals surface area (Å²) >= 11 is 0. The number of benzene rings is 2. The van der Waals surface area contributed by atoms with Gasteiger partial charge in [-0.25, -0.2) is 9.48 Å². The van der Waals surface area contributed by atoms with Crippen molar-refractivity contribution in [1.29, 1.82) is 0 Å². The molecular weight excluding hydrogens is 702 g/mol. The monoisotopic (exact) mass is 743 g/mol. The average Bonchev–Trinajstić information content (AvgIpc) is 3.52. The Hall–Kier alpha value is -4.41. The summed E-state index contributed by atoms with van der Waals surface area (Å²) in [6.45, 7) is 1.45. The summed E-state index contributed by atoms with van der Waals surface area (Å²) in [7, 11) is 0. The van der Waals surface area contributed by atoms with E-state index in [1.54, 1.807) is 35.2 Å². The second kappa shape index (κ2) is 15.1. The summed E-state index contributed by atoms with van der Waals surface area (Å²) in [5.41, 5.74) is 3.31. The van der Waals surface area contributed by atoms with Crippen molar-refractivity contribution in [2.24, 2.45) is 0 Å². The highest BCUT2D eigenvalue weighted by molar-refractivity contribution is 5.99. The number of hydrogen-bond acceptors (Lipinski definition) is 15. The van der Waals surface area contributed by atoms with Crippen molar-refractivity contribution in [3.8, 4) is 22.5 Å². The van der Waals surface area contributed by atoms with E-state index in [1.165, 1.54) is 11.6 Å². The number of para-hydroxylation sites is 1. The van der Waals surface area contributed by atoms with E-state index in [2.05, 4.69) is 15.6 Å². The second-order valence-corrected chi connectivity index (χ2v) is 13.3. The average molecular weight is 744 g/mol. The van der Waals surface area contributed by atoms with Crippen LogP contribution in [0.5, 0.6) is 0 Å². The van der Waals surface area contributed by atoms with E-state index >= 15 is 0 Å². The van der Waals surface area contributed by atoms with E-state index in [1.807, 2.05) is 18.2 Å². The van der Waals surface area contributed by atoms with Crippen LogP contribution in [-0.4, -0.2) is 147 Å². The standard InChI is InChI=1S/C34H41N5O14/c1-15(40)35-25-21(42)11-34(33(49)50,51-14-23-28(45)29(46)30(47)32(48)52-23)53-31(25)27(44)22(43)13-39-26-19-9-5-6-10-20(19)38(16(2)41)12-17-7-3-4-8-18(17)24(26)36-37-39/h3-10,21-23,25,27-32,42-48H,11-14H2,1-2H3,(H,35,40)(H,49,50). The number of amides is 2. The molecule has 6 rings (SSSR count). The third-order valence-electron chi connectivity index (χ3n) is 9.69. The number of aliphatic carboxylic acids is 1. The fourth-order valence-electron chi connectivity index (χ4n) is 6.96. The van der Waals surface area contributed by atoms with E-state index < -0.39 is 98.4 Å². The lowest BCUT2D eigenvalue weighted by molar-refractivity contribution is -0.334. The van der Waals surface area contributed by atoms with Crippen LogP contribution in [0.15, 0.2) is 48.5 Å². The number of nitrogens with zero attached hydrogens (tertiary/aromatic N) is 4. The van der Waals surface area contributed by atoms with Gasteiger partial charge in [0, 0.05) is 31.4 Å². The maximum atomic E-state index is 12.9.